The van der Waals surface area contributed by atoms with Gasteiger partial charge in [-0.05, 0) is 40.1 Å². The van der Waals surface area contributed by atoms with Crippen molar-refractivity contribution in [3.63, 3.8) is 0 Å². The lowest BCUT2D eigenvalue weighted by Crippen LogP contribution is -2.26. The van der Waals surface area contributed by atoms with E-state index >= 15 is 0 Å². The fraction of sp³-hybridized carbons (Fsp3) is 0.125. The maximum Gasteiger partial charge on any atom is 0.341 e. The summed E-state index contributed by atoms with van der Waals surface area (Å²) in [6.45, 7) is 1.85. The third kappa shape index (κ3) is 4.16. The summed E-state index contributed by atoms with van der Waals surface area (Å²) in [4.78, 5) is 12.5. The first kappa shape index (κ1) is 19.2. The second-order valence-corrected chi connectivity index (χ2v) is 7.60. The topological polar surface area (TPSA) is 55.8 Å². The molecule has 0 saturated carbocycles. The zero-order valence-electron chi connectivity index (χ0n) is 15.9. The third-order valence-corrected chi connectivity index (χ3v) is 5.33. The summed E-state index contributed by atoms with van der Waals surface area (Å²) >= 11 is 1.57. The van der Waals surface area contributed by atoms with Gasteiger partial charge in [-0.25, -0.2) is 4.79 Å². The van der Waals surface area contributed by atoms with E-state index in [4.69, 9.17) is 9.47 Å². The predicted molar refractivity (Wildman–Crippen MR) is 114 cm³/mol. The van der Waals surface area contributed by atoms with Gasteiger partial charge in [0.15, 0.2) is 0 Å². The Hall–Kier alpha value is -3.15. The Labute approximate surface area is 173 Å². The van der Waals surface area contributed by atoms with Gasteiger partial charge in [0.05, 0.1) is 5.57 Å². The maximum absolute atomic E-state index is 12.5. The van der Waals surface area contributed by atoms with Crippen LogP contribution in [0.2, 0.25) is 0 Å². The van der Waals surface area contributed by atoms with Gasteiger partial charge in [0.1, 0.15) is 12.4 Å². The summed E-state index contributed by atoms with van der Waals surface area (Å²) in [5, 5.41) is 14.8. The summed E-state index contributed by atoms with van der Waals surface area (Å²) in [7, 11) is 0. The van der Waals surface area contributed by atoms with E-state index in [-0.39, 0.29) is 0 Å². The lowest BCUT2D eigenvalue weighted by Gasteiger charge is -2.21. The third-order valence-electron chi connectivity index (χ3n) is 4.62. The number of aliphatic hydroxyl groups is 1. The van der Waals surface area contributed by atoms with Crippen LogP contribution in [0.3, 0.4) is 0 Å². The van der Waals surface area contributed by atoms with Crippen LogP contribution in [-0.4, -0.2) is 16.9 Å². The minimum Gasteiger partial charge on any atom is -0.488 e. The average molecular weight is 404 g/mol. The molecule has 3 aromatic rings. The van der Waals surface area contributed by atoms with Crippen molar-refractivity contribution in [3.05, 3.63) is 99.8 Å². The van der Waals surface area contributed by atoms with Gasteiger partial charge in [-0.3, -0.25) is 0 Å². The van der Waals surface area contributed by atoms with Crippen LogP contribution in [0.4, 0.5) is 0 Å². The summed E-state index contributed by atoms with van der Waals surface area (Å²) < 4.78 is 11.3. The Balaban J connectivity index is 1.73. The predicted octanol–water partition coefficient (Wildman–Crippen LogP) is 5.06. The minimum absolute atomic E-state index is 0.317. The number of carbonyl (C=O) groups is 1. The van der Waals surface area contributed by atoms with Gasteiger partial charge >= 0.3 is 5.97 Å². The molecule has 0 fully saturated rings. The van der Waals surface area contributed by atoms with Gasteiger partial charge in [0.25, 0.3) is 0 Å². The molecule has 4 nitrogen and oxygen atoms in total. The van der Waals surface area contributed by atoms with Gasteiger partial charge in [-0.15, -0.1) is 0 Å². The largest absolute Gasteiger partial charge is 0.488 e. The van der Waals surface area contributed by atoms with E-state index in [0.29, 0.717) is 29.1 Å². The Morgan fingerprint density at radius 3 is 2.59 bits per heavy atom. The van der Waals surface area contributed by atoms with E-state index in [1.54, 1.807) is 17.4 Å². The normalized spacial score (nSPS) is 19.0. The average Bonchev–Trinajstić information content (AvgIpc) is 3.31. The molecule has 29 heavy (non-hydrogen) atoms. The summed E-state index contributed by atoms with van der Waals surface area (Å²) in [5.74, 6) is -1.72. The number of carbonyl (C=O) groups excluding carboxylic acids is 1. The number of para-hydroxylation sites is 1. The summed E-state index contributed by atoms with van der Waals surface area (Å²) in [5.41, 5.74) is 3.35. The van der Waals surface area contributed by atoms with Crippen molar-refractivity contribution in [2.45, 2.75) is 19.3 Å². The van der Waals surface area contributed by atoms with Crippen LogP contribution >= 0.6 is 11.3 Å². The minimum atomic E-state index is -1.74. The van der Waals surface area contributed by atoms with E-state index in [9.17, 15) is 9.90 Å². The van der Waals surface area contributed by atoms with Crippen molar-refractivity contribution >= 4 is 29.0 Å². The monoisotopic (exact) mass is 404 g/mol. The molecule has 1 atom stereocenters. The highest BCUT2D eigenvalue weighted by Crippen LogP contribution is 2.42. The van der Waals surface area contributed by atoms with Crippen molar-refractivity contribution in [3.8, 4) is 5.75 Å². The van der Waals surface area contributed by atoms with Crippen LogP contribution in [-0.2, 0) is 16.1 Å². The molecular weight excluding hydrogens is 384 g/mol. The lowest BCUT2D eigenvalue weighted by atomic mass is 9.94. The molecule has 1 unspecified atom stereocenters. The number of hydrogen-bond acceptors (Lipinski definition) is 5. The van der Waals surface area contributed by atoms with Crippen molar-refractivity contribution in [2.24, 2.45) is 0 Å². The molecule has 1 aliphatic rings. The van der Waals surface area contributed by atoms with Crippen molar-refractivity contribution in [2.75, 3.05) is 0 Å². The highest BCUT2D eigenvalue weighted by atomic mass is 32.1. The number of thiophene rings is 1. The molecule has 1 N–H and O–H groups in total. The maximum atomic E-state index is 12.5. The number of rotatable bonds is 6. The van der Waals surface area contributed by atoms with Gasteiger partial charge in [0, 0.05) is 18.1 Å². The van der Waals surface area contributed by atoms with Crippen LogP contribution in [0.25, 0.3) is 11.6 Å². The molecule has 0 amide bonds. The zero-order valence-corrected chi connectivity index (χ0v) is 16.7. The molecule has 0 saturated heterocycles. The molecule has 1 aliphatic heterocycles. The molecule has 5 heteroatoms. The number of ether oxygens (including phenoxy) is 2. The molecule has 0 radical (unpaired) electrons. The molecule has 146 valence electrons. The quantitative estimate of drug-likeness (QED) is 0.584. The molecule has 4 rings (SSSR count). The Kier molecular flexibility index (Phi) is 5.34. The highest BCUT2D eigenvalue weighted by Gasteiger charge is 2.43. The van der Waals surface area contributed by atoms with Gasteiger partial charge < -0.3 is 14.6 Å². The molecule has 2 heterocycles. The molecule has 0 aliphatic carbocycles. The lowest BCUT2D eigenvalue weighted by molar-refractivity contribution is -0.170. The van der Waals surface area contributed by atoms with Gasteiger partial charge in [-0.2, -0.15) is 11.3 Å². The molecular formula is C24H20O4S. The van der Waals surface area contributed by atoms with Crippen LogP contribution in [0.15, 0.2) is 83.1 Å². The smallest absolute Gasteiger partial charge is 0.341 e. The van der Waals surface area contributed by atoms with E-state index in [1.807, 2.05) is 77.5 Å². The second-order valence-electron chi connectivity index (χ2n) is 6.82. The van der Waals surface area contributed by atoms with E-state index in [1.165, 1.54) is 6.92 Å². The number of hydrogen-bond donors (Lipinski definition) is 1. The van der Waals surface area contributed by atoms with Crippen molar-refractivity contribution in [1.29, 1.82) is 0 Å². The molecule has 2 aromatic carbocycles. The number of cyclic esters (lactones) is 1. The van der Waals surface area contributed by atoms with Crippen molar-refractivity contribution in [1.82, 2.24) is 0 Å². The van der Waals surface area contributed by atoms with Crippen LogP contribution in [0.1, 0.15) is 23.6 Å². The van der Waals surface area contributed by atoms with E-state index in [0.717, 1.165) is 11.1 Å². The fourth-order valence-electron chi connectivity index (χ4n) is 3.27. The van der Waals surface area contributed by atoms with Gasteiger partial charge in [-0.1, -0.05) is 54.6 Å². The van der Waals surface area contributed by atoms with E-state index < -0.39 is 11.8 Å². The van der Waals surface area contributed by atoms with Gasteiger partial charge in [0.2, 0.25) is 5.79 Å². The SMILES string of the molecule is CC1(O)OC(=O)C(/C=C/c2ccsc2)=C1c1ccccc1OCc1ccccc1. The number of benzene rings is 2. The first-order valence-electron chi connectivity index (χ1n) is 9.21. The first-order chi connectivity index (χ1) is 14.0. The number of esters is 1. The van der Waals surface area contributed by atoms with Crippen LogP contribution in [0, 0.1) is 0 Å². The first-order valence-corrected chi connectivity index (χ1v) is 10.2. The highest BCUT2D eigenvalue weighted by molar-refractivity contribution is 7.08. The van der Waals surface area contributed by atoms with Crippen molar-refractivity contribution < 1.29 is 19.4 Å². The van der Waals surface area contributed by atoms with Crippen LogP contribution in [0.5, 0.6) is 5.75 Å². The zero-order chi connectivity index (χ0) is 20.3. The van der Waals surface area contributed by atoms with Crippen LogP contribution < -0.4 is 4.74 Å². The molecule has 1 aromatic heterocycles. The fourth-order valence-corrected chi connectivity index (χ4v) is 3.90. The summed E-state index contributed by atoms with van der Waals surface area (Å²) in [6.07, 6.45) is 3.52. The Morgan fingerprint density at radius 2 is 1.83 bits per heavy atom. The van der Waals surface area contributed by atoms with E-state index in [2.05, 4.69) is 0 Å². The second kappa shape index (κ2) is 8.07. The molecule has 0 bridgehead atoms. The summed E-state index contributed by atoms with van der Waals surface area (Å²) in [6, 6.07) is 19.1. The molecule has 0 spiro atoms. The Bertz CT molecular complexity index is 1060. The Morgan fingerprint density at radius 1 is 1.07 bits per heavy atom. The standard InChI is InChI=1S/C24H20O4S/c1-24(26)22(20(23(25)28-24)12-11-18-13-14-29-16-18)19-9-5-6-10-21(19)27-15-17-7-3-2-4-8-17/h2-14,16,26H,15H2,1H3/b12-11+.